The molecule has 0 aliphatic carbocycles. The van der Waals surface area contributed by atoms with E-state index in [9.17, 15) is 9.59 Å². The molecule has 1 aromatic carbocycles. The van der Waals surface area contributed by atoms with Crippen molar-refractivity contribution in [2.75, 3.05) is 14.2 Å². The predicted octanol–water partition coefficient (Wildman–Crippen LogP) is 2.30. The highest BCUT2D eigenvalue weighted by molar-refractivity contribution is 5.95. The molecule has 1 unspecified atom stereocenters. The molecule has 0 bridgehead atoms. The highest BCUT2D eigenvalue weighted by Crippen LogP contribution is 2.18. The van der Waals surface area contributed by atoms with Gasteiger partial charge in [-0.05, 0) is 11.5 Å². The van der Waals surface area contributed by atoms with Gasteiger partial charge in [0.25, 0.3) is 0 Å². The van der Waals surface area contributed by atoms with E-state index in [4.69, 9.17) is 0 Å². The smallest absolute Gasteiger partial charge is 0.320 e. The number of hydrogen-bond acceptors (Lipinski definition) is 4. The van der Waals surface area contributed by atoms with Gasteiger partial charge < -0.3 is 9.47 Å². The van der Waals surface area contributed by atoms with Crippen LogP contribution in [-0.4, -0.2) is 26.2 Å². The lowest BCUT2D eigenvalue weighted by atomic mass is 9.93. The Bertz CT molecular complexity index is 434. The number of carbonyl (C=O) groups is 2. The van der Waals surface area contributed by atoms with Crippen LogP contribution in [-0.2, 0) is 19.1 Å². The maximum Gasteiger partial charge on any atom is 0.320 e. The second kappa shape index (κ2) is 7.36. The Balaban J connectivity index is 2.83. The molecule has 0 radical (unpaired) electrons. The molecule has 0 saturated carbocycles. The Morgan fingerprint density at radius 1 is 1.05 bits per heavy atom. The maximum absolute atomic E-state index is 11.6. The van der Waals surface area contributed by atoms with E-state index in [1.165, 1.54) is 14.2 Å². The molecule has 0 heterocycles. The molecule has 0 saturated heterocycles. The van der Waals surface area contributed by atoms with Crippen molar-refractivity contribution in [1.29, 1.82) is 0 Å². The second-order valence-corrected chi connectivity index (χ2v) is 4.15. The molecule has 4 heteroatoms. The van der Waals surface area contributed by atoms with E-state index in [1.807, 2.05) is 36.4 Å². The van der Waals surface area contributed by atoms with Crippen LogP contribution in [0.25, 0.3) is 6.08 Å². The van der Waals surface area contributed by atoms with Gasteiger partial charge in [-0.2, -0.15) is 0 Å². The molecule has 0 aliphatic heterocycles. The lowest BCUT2D eigenvalue weighted by Gasteiger charge is -2.16. The van der Waals surface area contributed by atoms with Crippen molar-refractivity contribution in [2.45, 2.75) is 6.92 Å². The lowest BCUT2D eigenvalue weighted by molar-refractivity contribution is -0.160. The Hall–Kier alpha value is -2.10. The third-order valence-corrected chi connectivity index (χ3v) is 2.83. The van der Waals surface area contributed by atoms with Crippen molar-refractivity contribution in [3.8, 4) is 0 Å². The number of rotatable bonds is 5. The topological polar surface area (TPSA) is 52.6 Å². The first-order chi connectivity index (χ1) is 9.10. The van der Waals surface area contributed by atoms with Gasteiger partial charge in [-0.15, -0.1) is 0 Å². The normalized spacial score (nSPS) is 12.4. The summed E-state index contributed by atoms with van der Waals surface area (Å²) in [5.41, 5.74) is 1.00. The molecular weight excluding hydrogens is 244 g/mol. The first-order valence-electron chi connectivity index (χ1n) is 5.99. The van der Waals surface area contributed by atoms with Crippen LogP contribution in [0.1, 0.15) is 12.5 Å². The van der Waals surface area contributed by atoms with Crippen LogP contribution in [0.2, 0.25) is 0 Å². The average molecular weight is 262 g/mol. The number of allylic oxidation sites excluding steroid dienone is 1. The van der Waals surface area contributed by atoms with Gasteiger partial charge in [0.05, 0.1) is 14.2 Å². The summed E-state index contributed by atoms with van der Waals surface area (Å²) in [6.45, 7) is 1.78. The molecule has 0 spiro atoms. The van der Waals surface area contributed by atoms with Gasteiger partial charge in [0.15, 0.2) is 5.92 Å². The van der Waals surface area contributed by atoms with Gasteiger partial charge in [-0.1, -0.05) is 49.4 Å². The van der Waals surface area contributed by atoms with E-state index in [0.717, 1.165) is 5.56 Å². The molecule has 0 amide bonds. The van der Waals surface area contributed by atoms with Gasteiger partial charge in [0.2, 0.25) is 0 Å². The number of methoxy groups -OCH3 is 2. The number of hydrogen-bond donors (Lipinski definition) is 0. The molecule has 102 valence electrons. The van der Waals surface area contributed by atoms with E-state index in [0.29, 0.717) is 0 Å². The zero-order valence-electron chi connectivity index (χ0n) is 11.3. The van der Waals surface area contributed by atoms with Crippen LogP contribution in [0.15, 0.2) is 36.4 Å². The molecule has 0 fully saturated rings. The number of benzene rings is 1. The molecule has 0 N–H and O–H groups in total. The first-order valence-corrected chi connectivity index (χ1v) is 5.99. The highest BCUT2D eigenvalue weighted by Gasteiger charge is 2.32. The summed E-state index contributed by atoms with van der Waals surface area (Å²) in [5, 5.41) is 0. The third kappa shape index (κ3) is 4.25. The number of ether oxygens (including phenoxy) is 2. The van der Waals surface area contributed by atoms with Crippen molar-refractivity contribution in [1.82, 2.24) is 0 Å². The molecule has 0 aromatic heterocycles. The fraction of sp³-hybridized carbons (Fsp3) is 0.333. The Morgan fingerprint density at radius 2 is 1.58 bits per heavy atom. The predicted molar refractivity (Wildman–Crippen MR) is 72.2 cm³/mol. The largest absolute Gasteiger partial charge is 0.468 e. The number of esters is 2. The van der Waals surface area contributed by atoms with Crippen LogP contribution >= 0.6 is 0 Å². The standard InChI is InChI=1S/C15H18O4/c1-11(9-10-12-7-5-4-6-8-12)13(14(16)18-2)15(17)19-3/h4-11,13H,1-3H3. The summed E-state index contributed by atoms with van der Waals surface area (Å²) in [7, 11) is 2.51. The molecular formula is C15H18O4. The van der Waals surface area contributed by atoms with E-state index in [-0.39, 0.29) is 5.92 Å². The Morgan fingerprint density at radius 3 is 2.05 bits per heavy atom. The molecule has 1 atom stereocenters. The monoisotopic (exact) mass is 262 g/mol. The molecule has 1 aromatic rings. The lowest BCUT2D eigenvalue weighted by Crippen LogP contribution is -2.31. The summed E-state index contributed by atoms with van der Waals surface area (Å²) >= 11 is 0. The summed E-state index contributed by atoms with van der Waals surface area (Å²) in [6, 6.07) is 9.64. The Labute approximate surface area is 113 Å². The molecule has 1 rings (SSSR count). The van der Waals surface area contributed by atoms with Crippen LogP contribution in [0, 0.1) is 11.8 Å². The van der Waals surface area contributed by atoms with E-state index < -0.39 is 17.9 Å². The third-order valence-electron chi connectivity index (χ3n) is 2.83. The summed E-state index contributed by atoms with van der Waals surface area (Å²) in [5.74, 6) is -2.41. The minimum atomic E-state index is -0.935. The van der Waals surface area contributed by atoms with Gasteiger partial charge in [-0.3, -0.25) is 9.59 Å². The van der Waals surface area contributed by atoms with Gasteiger partial charge in [-0.25, -0.2) is 0 Å². The molecule has 0 aliphatic rings. The minimum absolute atomic E-state index is 0.305. The van der Waals surface area contributed by atoms with Gasteiger partial charge in [0.1, 0.15) is 0 Å². The van der Waals surface area contributed by atoms with Crippen molar-refractivity contribution < 1.29 is 19.1 Å². The van der Waals surface area contributed by atoms with E-state index >= 15 is 0 Å². The van der Waals surface area contributed by atoms with Crippen LogP contribution in [0.5, 0.6) is 0 Å². The fourth-order valence-corrected chi connectivity index (χ4v) is 1.72. The van der Waals surface area contributed by atoms with Crippen LogP contribution in [0.3, 0.4) is 0 Å². The first kappa shape index (κ1) is 15.0. The van der Waals surface area contributed by atoms with Gasteiger partial charge >= 0.3 is 11.9 Å². The fourth-order valence-electron chi connectivity index (χ4n) is 1.72. The van der Waals surface area contributed by atoms with Crippen molar-refractivity contribution in [3.05, 3.63) is 42.0 Å². The van der Waals surface area contributed by atoms with Crippen LogP contribution in [0.4, 0.5) is 0 Å². The second-order valence-electron chi connectivity index (χ2n) is 4.15. The zero-order chi connectivity index (χ0) is 14.3. The summed E-state index contributed by atoms with van der Waals surface area (Å²) in [4.78, 5) is 23.2. The molecule has 19 heavy (non-hydrogen) atoms. The van der Waals surface area contributed by atoms with Crippen molar-refractivity contribution >= 4 is 18.0 Å². The van der Waals surface area contributed by atoms with E-state index in [1.54, 1.807) is 13.0 Å². The number of carbonyl (C=O) groups excluding carboxylic acids is 2. The highest BCUT2D eigenvalue weighted by atomic mass is 16.5. The zero-order valence-corrected chi connectivity index (χ0v) is 11.3. The van der Waals surface area contributed by atoms with E-state index in [2.05, 4.69) is 9.47 Å². The Kier molecular flexibility index (Phi) is 5.79. The van der Waals surface area contributed by atoms with Crippen LogP contribution < -0.4 is 0 Å². The maximum atomic E-state index is 11.6. The van der Waals surface area contributed by atoms with Crippen molar-refractivity contribution in [2.24, 2.45) is 11.8 Å². The SMILES string of the molecule is COC(=O)C(C(=O)OC)C(C)C=Cc1ccccc1. The van der Waals surface area contributed by atoms with Crippen molar-refractivity contribution in [3.63, 3.8) is 0 Å². The summed E-state index contributed by atoms with van der Waals surface area (Å²) in [6.07, 6.45) is 3.66. The minimum Gasteiger partial charge on any atom is -0.468 e. The van der Waals surface area contributed by atoms with Gasteiger partial charge in [0, 0.05) is 0 Å². The quantitative estimate of drug-likeness (QED) is 0.603. The summed E-state index contributed by atoms with van der Waals surface area (Å²) < 4.78 is 9.27. The average Bonchev–Trinajstić information content (AvgIpc) is 2.45. The molecule has 4 nitrogen and oxygen atoms in total.